The van der Waals surface area contributed by atoms with E-state index in [1.807, 2.05) is 37.3 Å². The Balaban J connectivity index is 1.77. The summed E-state index contributed by atoms with van der Waals surface area (Å²) in [7, 11) is 0. The van der Waals surface area contributed by atoms with Gasteiger partial charge < -0.3 is 5.32 Å². The van der Waals surface area contributed by atoms with E-state index in [1.54, 1.807) is 0 Å². The Labute approximate surface area is 113 Å². The normalized spacial score (nSPS) is 16.3. The predicted octanol–water partition coefficient (Wildman–Crippen LogP) is 2.62. The van der Waals surface area contributed by atoms with Crippen LogP contribution in [0, 0.1) is 6.92 Å². The minimum atomic E-state index is -0.133. The highest BCUT2D eigenvalue weighted by atomic mass is 16.2. The number of nitrogens with one attached hydrogen (secondary N) is 2. The SMILES string of the molecule is CC1=C/C(=N\NC(=O)CNc2ccc(C)cc2)CC1. The summed E-state index contributed by atoms with van der Waals surface area (Å²) in [4.78, 5) is 11.6. The number of rotatable bonds is 4. The van der Waals surface area contributed by atoms with Crippen LogP contribution in [-0.4, -0.2) is 18.2 Å². The van der Waals surface area contributed by atoms with E-state index in [4.69, 9.17) is 0 Å². The Hall–Kier alpha value is -2.10. The van der Waals surface area contributed by atoms with Gasteiger partial charge in [-0.1, -0.05) is 23.3 Å². The minimum absolute atomic E-state index is 0.133. The van der Waals surface area contributed by atoms with Gasteiger partial charge in [0.05, 0.1) is 12.3 Å². The van der Waals surface area contributed by atoms with Gasteiger partial charge in [-0.3, -0.25) is 4.79 Å². The molecule has 0 spiro atoms. The Morgan fingerprint density at radius 3 is 2.58 bits per heavy atom. The Kier molecular flexibility index (Phi) is 4.34. The van der Waals surface area contributed by atoms with Crippen molar-refractivity contribution < 1.29 is 4.79 Å². The van der Waals surface area contributed by atoms with Crippen molar-refractivity contribution in [1.82, 2.24) is 5.43 Å². The molecule has 1 aliphatic carbocycles. The molecule has 0 unspecified atom stereocenters. The lowest BCUT2D eigenvalue weighted by Crippen LogP contribution is -2.26. The van der Waals surface area contributed by atoms with Crippen LogP contribution in [0.4, 0.5) is 5.69 Å². The maximum Gasteiger partial charge on any atom is 0.259 e. The van der Waals surface area contributed by atoms with Gasteiger partial charge in [0.25, 0.3) is 5.91 Å². The highest BCUT2D eigenvalue weighted by Crippen LogP contribution is 2.14. The zero-order valence-electron chi connectivity index (χ0n) is 11.4. The molecule has 0 aliphatic heterocycles. The first-order valence-corrected chi connectivity index (χ1v) is 6.46. The lowest BCUT2D eigenvalue weighted by Gasteiger charge is -2.05. The van der Waals surface area contributed by atoms with Crippen molar-refractivity contribution in [2.45, 2.75) is 26.7 Å². The predicted molar refractivity (Wildman–Crippen MR) is 78.2 cm³/mol. The van der Waals surface area contributed by atoms with Gasteiger partial charge >= 0.3 is 0 Å². The molecule has 2 N–H and O–H groups in total. The van der Waals surface area contributed by atoms with E-state index < -0.39 is 0 Å². The van der Waals surface area contributed by atoms with E-state index in [9.17, 15) is 4.79 Å². The highest BCUT2D eigenvalue weighted by Gasteiger charge is 2.07. The summed E-state index contributed by atoms with van der Waals surface area (Å²) in [5.41, 5.74) is 6.96. The summed E-state index contributed by atoms with van der Waals surface area (Å²) in [6.07, 6.45) is 3.97. The van der Waals surface area contributed by atoms with Crippen LogP contribution in [0.15, 0.2) is 41.0 Å². The number of hydrazone groups is 1. The number of hydrogen-bond acceptors (Lipinski definition) is 3. The van der Waals surface area contributed by atoms with E-state index in [2.05, 4.69) is 22.8 Å². The van der Waals surface area contributed by atoms with Gasteiger partial charge in [-0.2, -0.15) is 5.10 Å². The molecule has 19 heavy (non-hydrogen) atoms. The van der Waals surface area contributed by atoms with Crippen LogP contribution in [0.2, 0.25) is 0 Å². The summed E-state index contributed by atoms with van der Waals surface area (Å²) in [6.45, 7) is 4.33. The van der Waals surface area contributed by atoms with E-state index in [1.165, 1.54) is 11.1 Å². The van der Waals surface area contributed by atoms with Crippen LogP contribution in [-0.2, 0) is 4.79 Å². The average Bonchev–Trinajstić information content (AvgIpc) is 2.81. The van der Waals surface area contributed by atoms with Crippen LogP contribution in [0.5, 0.6) is 0 Å². The van der Waals surface area contributed by atoms with E-state index >= 15 is 0 Å². The molecule has 100 valence electrons. The maximum atomic E-state index is 11.6. The largest absolute Gasteiger partial charge is 0.376 e. The Morgan fingerprint density at radius 2 is 1.95 bits per heavy atom. The van der Waals surface area contributed by atoms with E-state index in [0.717, 1.165) is 24.2 Å². The van der Waals surface area contributed by atoms with Gasteiger partial charge in [0.2, 0.25) is 0 Å². The van der Waals surface area contributed by atoms with Crippen LogP contribution in [0.25, 0.3) is 0 Å². The smallest absolute Gasteiger partial charge is 0.259 e. The van der Waals surface area contributed by atoms with Gasteiger partial charge in [0.15, 0.2) is 0 Å². The summed E-state index contributed by atoms with van der Waals surface area (Å²) in [5.74, 6) is -0.133. The molecule has 0 saturated carbocycles. The molecule has 0 heterocycles. The fourth-order valence-corrected chi connectivity index (χ4v) is 1.87. The number of carbonyl (C=O) groups excluding carboxylic acids is 1. The van der Waals surface area contributed by atoms with Gasteiger partial charge in [-0.25, -0.2) is 5.43 Å². The standard InChI is InChI=1S/C15H19N3O/c1-11-3-6-13(7-4-11)16-10-15(19)18-17-14-8-5-12(2)9-14/h3-4,6-7,9,16H,5,8,10H2,1-2H3,(H,18,19)/b17-14-. The number of allylic oxidation sites excluding steroid dienone is 2. The number of carbonyl (C=O) groups is 1. The second kappa shape index (κ2) is 6.18. The molecule has 1 aromatic rings. The zero-order valence-corrected chi connectivity index (χ0v) is 11.4. The molecular weight excluding hydrogens is 238 g/mol. The lowest BCUT2D eigenvalue weighted by molar-refractivity contribution is -0.119. The zero-order chi connectivity index (χ0) is 13.7. The number of benzene rings is 1. The summed E-state index contributed by atoms with van der Waals surface area (Å²) in [5, 5.41) is 7.16. The maximum absolute atomic E-state index is 11.6. The van der Waals surface area contributed by atoms with Crippen LogP contribution >= 0.6 is 0 Å². The first kappa shape index (κ1) is 13.3. The van der Waals surface area contributed by atoms with Gasteiger partial charge in [0.1, 0.15) is 0 Å². The molecule has 0 fully saturated rings. The first-order valence-electron chi connectivity index (χ1n) is 6.46. The lowest BCUT2D eigenvalue weighted by atomic mass is 10.2. The van der Waals surface area contributed by atoms with Crippen LogP contribution < -0.4 is 10.7 Å². The number of aryl methyl sites for hydroxylation is 1. The third-order valence-electron chi connectivity index (χ3n) is 3.02. The van der Waals surface area contributed by atoms with Crippen molar-refractivity contribution in [2.75, 3.05) is 11.9 Å². The highest BCUT2D eigenvalue weighted by molar-refractivity contribution is 5.98. The number of nitrogens with zero attached hydrogens (tertiary/aromatic N) is 1. The molecule has 2 rings (SSSR count). The van der Waals surface area contributed by atoms with E-state index in [-0.39, 0.29) is 12.5 Å². The van der Waals surface area contributed by atoms with Crippen molar-refractivity contribution in [2.24, 2.45) is 5.10 Å². The molecule has 4 nitrogen and oxygen atoms in total. The fourth-order valence-electron chi connectivity index (χ4n) is 1.87. The van der Waals surface area contributed by atoms with Gasteiger partial charge in [-0.15, -0.1) is 0 Å². The molecule has 0 saturated heterocycles. The molecule has 4 heteroatoms. The first-order chi connectivity index (χ1) is 9.13. The van der Waals surface area contributed by atoms with Crippen LogP contribution in [0.3, 0.4) is 0 Å². The Morgan fingerprint density at radius 1 is 1.21 bits per heavy atom. The van der Waals surface area contributed by atoms with E-state index in [0.29, 0.717) is 0 Å². The van der Waals surface area contributed by atoms with Crippen molar-refractivity contribution >= 4 is 17.3 Å². The summed E-state index contributed by atoms with van der Waals surface area (Å²) < 4.78 is 0. The quantitative estimate of drug-likeness (QED) is 0.815. The van der Waals surface area contributed by atoms with Crippen LogP contribution in [0.1, 0.15) is 25.3 Å². The summed E-state index contributed by atoms with van der Waals surface area (Å²) >= 11 is 0. The summed E-state index contributed by atoms with van der Waals surface area (Å²) in [6, 6.07) is 7.92. The third-order valence-corrected chi connectivity index (χ3v) is 3.02. The monoisotopic (exact) mass is 257 g/mol. The molecule has 0 atom stereocenters. The van der Waals surface area contributed by atoms with Crippen molar-refractivity contribution in [3.8, 4) is 0 Å². The second-order valence-electron chi connectivity index (χ2n) is 4.85. The van der Waals surface area contributed by atoms with Crippen molar-refractivity contribution in [3.05, 3.63) is 41.5 Å². The number of amides is 1. The fraction of sp³-hybridized carbons (Fsp3) is 0.333. The third kappa shape index (κ3) is 4.25. The topological polar surface area (TPSA) is 53.5 Å². The van der Waals surface area contributed by atoms with Gasteiger partial charge in [-0.05, 0) is 44.9 Å². The molecule has 0 aromatic heterocycles. The molecule has 0 bridgehead atoms. The molecule has 1 amide bonds. The van der Waals surface area contributed by atoms with Crippen molar-refractivity contribution in [3.63, 3.8) is 0 Å². The minimum Gasteiger partial charge on any atom is -0.376 e. The molecule has 1 aromatic carbocycles. The van der Waals surface area contributed by atoms with Crippen molar-refractivity contribution in [1.29, 1.82) is 0 Å². The molecular formula is C15H19N3O. The Bertz CT molecular complexity index is 515. The second-order valence-corrected chi connectivity index (χ2v) is 4.85. The average molecular weight is 257 g/mol. The van der Waals surface area contributed by atoms with Gasteiger partial charge in [0, 0.05) is 5.69 Å². The number of anilines is 1. The molecule has 1 aliphatic rings. The number of hydrogen-bond donors (Lipinski definition) is 2. The molecule has 0 radical (unpaired) electrons.